The highest BCUT2D eigenvalue weighted by atomic mass is 16.7. The molecule has 5 heteroatoms. The third kappa shape index (κ3) is 4.29. The van der Waals surface area contributed by atoms with Gasteiger partial charge in [0.05, 0.1) is 6.61 Å². The molecule has 0 aromatic carbocycles. The van der Waals surface area contributed by atoms with Crippen LogP contribution in [-0.2, 0) is 14.3 Å². The molecule has 1 N–H and O–H groups in total. The molecule has 1 fully saturated rings. The number of nitrogens with one attached hydrogen (secondary N) is 1. The fourth-order valence-electron chi connectivity index (χ4n) is 1.37. The lowest BCUT2D eigenvalue weighted by atomic mass is 10.2. The largest absolute Gasteiger partial charge is 0.516 e. The Morgan fingerprint density at radius 2 is 2.27 bits per heavy atom. The van der Waals surface area contributed by atoms with Crippen molar-refractivity contribution < 1.29 is 19.1 Å². The SMILES string of the molecule is CCCCOC(=O)OC(=O)[C@H]1CCCN1. The van der Waals surface area contributed by atoms with Crippen LogP contribution < -0.4 is 5.32 Å². The van der Waals surface area contributed by atoms with Crippen molar-refractivity contribution in [1.82, 2.24) is 5.32 Å². The second kappa shape index (κ2) is 6.40. The Morgan fingerprint density at radius 3 is 2.87 bits per heavy atom. The average Bonchev–Trinajstić information content (AvgIpc) is 2.70. The summed E-state index contributed by atoms with van der Waals surface area (Å²) in [5.74, 6) is -0.533. The lowest BCUT2D eigenvalue weighted by Crippen LogP contribution is -2.34. The van der Waals surface area contributed by atoms with Crippen LogP contribution in [0.5, 0.6) is 0 Å². The van der Waals surface area contributed by atoms with Gasteiger partial charge in [0.25, 0.3) is 0 Å². The predicted molar refractivity (Wildman–Crippen MR) is 53.4 cm³/mol. The molecule has 1 aliphatic rings. The Bertz CT molecular complexity index is 223. The van der Waals surface area contributed by atoms with Crippen molar-refractivity contribution >= 4 is 12.1 Å². The van der Waals surface area contributed by atoms with Crippen LogP contribution in [-0.4, -0.2) is 31.3 Å². The topological polar surface area (TPSA) is 64.6 Å². The molecular formula is C10H17NO4. The van der Waals surface area contributed by atoms with E-state index in [-0.39, 0.29) is 6.04 Å². The molecular weight excluding hydrogens is 198 g/mol. The van der Waals surface area contributed by atoms with Crippen molar-refractivity contribution in [2.45, 2.75) is 38.6 Å². The average molecular weight is 215 g/mol. The van der Waals surface area contributed by atoms with E-state index in [4.69, 9.17) is 4.74 Å². The van der Waals surface area contributed by atoms with Crippen molar-refractivity contribution in [3.05, 3.63) is 0 Å². The first kappa shape index (κ1) is 12.0. The maximum absolute atomic E-state index is 11.3. The van der Waals surface area contributed by atoms with Crippen LogP contribution in [0.15, 0.2) is 0 Å². The van der Waals surface area contributed by atoms with Crippen LogP contribution in [0.3, 0.4) is 0 Å². The fourth-order valence-corrected chi connectivity index (χ4v) is 1.37. The Kier molecular flexibility index (Phi) is 5.10. The molecule has 0 saturated carbocycles. The molecule has 1 aliphatic heterocycles. The van der Waals surface area contributed by atoms with E-state index in [2.05, 4.69) is 10.1 Å². The Morgan fingerprint density at radius 1 is 1.47 bits per heavy atom. The van der Waals surface area contributed by atoms with Crippen molar-refractivity contribution in [3.63, 3.8) is 0 Å². The number of hydrogen-bond acceptors (Lipinski definition) is 5. The zero-order chi connectivity index (χ0) is 11.1. The van der Waals surface area contributed by atoms with Crippen molar-refractivity contribution in [2.75, 3.05) is 13.2 Å². The summed E-state index contributed by atoms with van der Waals surface area (Å²) in [6.45, 7) is 3.09. The highest BCUT2D eigenvalue weighted by Crippen LogP contribution is 2.07. The summed E-state index contributed by atoms with van der Waals surface area (Å²) in [6.07, 6.45) is 2.49. The van der Waals surface area contributed by atoms with Gasteiger partial charge >= 0.3 is 12.1 Å². The Hall–Kier alpha value is -1.10. The number of esters is 1. The van der Waals surface area contributed by atoms with Crippen molar-refractivity contribution in [3.8, 4) is 0 Å². The maximum Gasteiger partial charge on any atom is 0.516 e. The van der Waals surface area contributed by atoms with E-state index in [1.807, 2.05) is 6.92 Å². The molecule has 0 aromatic heterocycles. The first-order valence-electron chi connectivity index (χ1n) is 5.36. The molecule has 0 bridgehead atoms. The summed E-state index contributed by atoms with van der Waals surface area (Å²) in [4.78, 5) is 22.3. The van der Waals surface area contributed by atoms with Crippen LogP contribution in [0.25, 0.3) is 0 Å². The summed E-state index contributed by atoms with van der Waals surface area (Å²) in [5.41, 5.74) is 0. The third-order valence-electron chi connectivity index (χ3n) is 2.25. The van der Waals surface area contributed by atoms with Gasteiger partial charge in [-0.25, -0.2) is 9.59 Å². The van der Waals surface area contributed by atoms with E-state index >= 15 is 0 Å². The van der Waals surface area contributed by atoms with Crippen molar-refractivity contribution in [1.29, 1.82) is 0 Å². The Labute approximate surface area is 89.1 Å². The maximum atomic E-state index is 11.3. The van der Waals surface area contributed by atoms with Gasteiger partial charge in [-0.15, -0.1) is 0 Å². The molecule has 86 valence electrons. The van der Waals surface area contributed by atoms with E-state index in [1.165, 1.54) is 0 Å². The molecule has 1 saturated heterocycles. The molecule has 0 unspecified atom stereocenters. The van der Waals surface area contributed by atoms with E-state index in [9.17, 15) is 9.59 Å². The predicted octanol–water partition coefficient (Wildman–Crippen LogP) is 1.22. The molecule has 1 atom stereocenters. The van der Waals surface area contributed by atoms with Crippen LogP contribution >= 0.6 is 0 Å². The monoisotopic (exact) mass is 215 g/mol. The summed E-state index contributed by atoms with van der Waals surface area (Å²) in [7, 11) is 0. The van der Waals surface area contributed by atoms with Crippen molar-refractivity contribution in [2.24, 2.45) is 0 Å². The van der Waals surface area contributed by atoms with Crippen LogP contribution in [0, 0.1) is 0 Å². The quantitative estimate of drug-likeness (QED) is 0.434. The van der Waals surface area contributed by atoms with Gasteiger partial charge in [0.2, 0.25) is 0 Å². The number of carbonyl (C=O) groups is 2. The normalized spacial score (nSPS) is 19.9. The van der Waals surface area contributed by atoms with Gasteiger partial charge in [-0.05, 0) is 25.8 Å². The molecule has 0 amide bonds. The van der Waals surface area contributed by atoms with E-state index in [0.717, 1.165) is 32.2 Å². The number of rotatable bonds is 4. The number of hydrogen-bond donors (Lipinski definition) is 1. The third-order valence-corrected chi connectivity index (χ3v) is 2.25. The molecule has 0 aromatic rings. The second-order valence-electron chi connectivity index (χ2n) is 3.52. The zero-order valence-corrected chi connectivity index (χ0v) is 8.95. The van der Waals surface area contributed by atoms with E-state index < -0.39 is 12.1 Å². The smallest absolute Gasteiger partial charge is 0.434 e. The lowest BCUT2D eigenvalue weighted by molar-refractivity contribution is -0.141. The molecule has 5 nitrogen and oxygen atoms in total. The van der Waals surface area contributed by atoms with Gasteiger partial charge in [0, 0.05) is 0 Å². The lowest BCUT2D eigenvalue weighted by Gasteiger charge is -2.08. The van der Waals surface area contributed by atoms with E-state index in [0.29, 0.717) is 6.61 Å². The van der Waals surface area contributed by atoms with Gasteiger partial charge in [0.1, 0.15) is 6.04 Å². The van der Waals surface area contributed by atoms with Crippen LogP contribution in [0.1, 0.15) is 32.6 Å². The zero-order valence-electron chi connectivity index (χ0n) is 8.95. The minimum absolute atomic E-state index is 0.306. The van der Waals surface area contributed by atoms with Gasteiger partial charge in [-0.2, -0.15) is 0 Å². The van der Waals surface area contributed by atoms with Gasteiger partial charge in [-0.1, -0.05) is 13.3 Å². The first-order chi connectivity index (χ1) is 7.24. The molecule has 0 radical (unpaired) electrons. The first-order valence-corrected chi connectivity index (χ1v) is 5.36. The number of carbonyl (C=O) groups excluding carboxylic acids is 2. The van der Waals surface area contributed by atoms with Gasteiger partial charge in [-0.3, -0.25) is 0 Å². The summed E-state index contributed by atoms with van der Waals surface area (Å²) in [5, 5.41) is 2.95. The molecule has 15 heavy (non-hydrogen) atoms. The van der Waals surface area contributed by atoms with Crippen LogP contribution in [0.2, 0.25) is 0 Å². The standard InChI is InChI=1S/C10H17NO4/c1-2-3-7-14-10(13)15-9(12)8-5-4-6-11-8/h8,11H,2-7H2,1H3/t8-/m1/s1. The summed E-state index contributed by atoms with van der Waals surface area (Å²) in [6, 6.07) is -0.344. The highest BCUT2D eigenvalue weighted by Gasteiger charge is 2.25. The number of unbranched alkanes of at least 4 members (excludes halogenated alkanes) is 1. The molecule has 0 spiro atoms. The van der Waals surface area contributed by atoms with Gasteiger partial charge < -0.3 is 14.8 Å². The summed E-state index contributed by atoms with van der Waals surface area (Å²) >= 11 is 0. The molecule has 1 rings (SSSR count). The second-order valence-corrected chi connectivity index (χ2v) is 3.52. The fraction of sp³-hybridized carbons (Fsp3) is 0.800. The minimum atomic E-state index is -0.887. The summed E-state index contributed by atoms with van der Waals surface area (Å²) < 4.78 is 9.22. The molecule has 1 heterocycles. The minimum Gasteiger partial charge on any atom is -0.434 e. The van der Waals surface area contributed by atoms with Crippen LogP contribution in [0.4, 0.5) is 4.79 Å². The molecule has 0 aliphatic carbocycles. The highest BCUT2D eigenvalue weighted by molar-refractivity contribution is 5.85. The van der Waals surface area contributed by atoms with Gasteiger partial charge in [0.15, 0.2) is 0 Å². The number of ether oxygens (including phenoxy) is 2. The Balaban J connectivity index is 2.16. The van der Waals surface area contributed by atoms with E-state index in [1.54, 1.807) is 0 Å².